The summed E-state index contributed by atoms with van der Waals surface area (Å²) >= 11 is 0. The van der Waals surface area contributed by atoms with Crippen molar-refractivity contribution in [2.75, 3.05) is 13.1 Å². The number of hydrogen-bond donors (Lipinski definition) is 1. The molecule has 0 fully saturated rings. The average Bonchev–Trinajstić information content (AvgIpc) is 2.38. The molecule has 1 aromatic carbocycles. The SMILES string of the molecule is C=CCN(CC=C)S(=O)(=O)c1cccc(CN)c1. The van der Waals surface area contributed by atoms with Gasteiger partial charge in [-0.1, -0.05) is 24.3 Å². The Kier molecular flexibility index (Phi) is 5.27. The molecule has 0 amide bonds. The molecule has 0 aliphatic heterocycles. The minimum atomic E-state index is -3.52. The van der Waals surface area contributed by atoms with Crippen LogP contribution in [-0.2, 0) is 16.6 Å². The largest absolute Gasteiger partial charge is 0.326 e. The van der Waals surface area contributed by atoms with Crippen LogP contribution in [-0.4, -0.2) is 25.8 Å². The summed E-state index contributed by atoms with van der Waals surface area (Å²) < 4.78 is 26.0. The predicted octanol–water partition coefficient (Wildman–Crippen LogP) is 1.51. The lowest BCUT2D eigenvalue weighted by molar-refractivity contribution is 0.474. The van der Waals surface area contributed by atoms with Crippen molar-refractivity contribution in [1.82, 2.24) is 4.31 Å². The van der Waals surface area contributed by atoms with Crippen LogP contribution in [0.3, 0.4) is 0 Å². The Bertz CT molecular complexity index is 514. The molecular weight excluding hydrogens is 248 g/mol. The van der Waals surface area contributed by atoms with Crippen LogP contribution < -0.4 is 5.73 Å². The van der Waals surface area contributed by atoms with Gasteiger partial charge in [0.2, 0.25) is 10.0 Å². The van der Waals surface area contributed by atoms with E-state index in [0.717, 1.165) is 5.56 Å². The van der Waals surface area contributed by atoms with Gasteiger partial charge in [0.25, 0.3) is 0 Å². The van der Waals surface area contributed by atoms with E-state index in [1.807, 2.05) is 0 Å². The van der Waals surface area contributed by atoms with E-state index in [-0.39, 0.29) is 18.0 Å². The molecule has 0 aliphatic rings. The van der Waals surface area contributed by atoms with Crippen LogP contribution in [0.4, 0.5) is 0 Å². The average molecular weight is 266 g/mol. The predicted molar refractivity (Wildman–Crippen MR) is 73.5 cm³/mol. The van der Waals surface area contributed by atoms with Crippen LogP contribution in [0.15, 0.2) is 54.5 Å². The summed E-state index contributed by atoms with van der Waals surface area (Å²) in [5, 5.41) is 0. The highest BCUT2D eigenvalue weighted by atomic mass is 32.2. The third-order valence-electron chi connectivity index (χ3n) is 2.44. The van der Waals surface area contributed by atoms with E-state index in [1.165, 1.54) is 4.31 Å². The molecule has 1 aromatic rings. The first-order valence-electron chi connectivity index (χ1n) is 5.57. The number of sulfonamides is 1. The lowest BCUT2D eigenvalue weighted by Gasteiger charge is -2.19. The summed E-state index contributed by atoms with van der Waals surface area (Å²) in [5.41, 5.74) is 6.30. The van der Waals surface area contributed by atoms with E-state index >= 15 is 0 Å². The molecule has 5 heteroatoms. The lowest BCUT2D eigenvalue weighted by Crippen LogP contribution is -2.31. The molecule has 0 atom stereocenters. The van der Waals surface area contributed by atoms with Gasteiger partial charge in [0, 0.05) is 19.6 Å². The Balaban J connectivity index is 3.16. The summed E-state index contributed by atoms with van der Waals surface area (Å²) in [5.74, 6) is 0. The fourth-order valence-corrected chi connectivity index (χ4v) is 2.99. The quantitative estimate of drug-likeness (QED) is 0.761. The zero-order chi connectivity index (χ0) is 13.6. The Morgan fingerprint density at radius 3 is 2.33 bits per heavy atom. The Morgan fingerprint density at radius 1 is 1.22 bits per heavy atom. The van der Waals surface area contributed by atoms with Crippen LogP contribution in [0.1, 0.15) is 5.56 Å². The molecule has 0 heterocycles. The maximum absolute atomic E-state index is 12.4. The van der Waals surface area contributed by atoms with Crippen molar-refractivity contribution in [3.05, 3.63) is 55.1 Å². The van der Waals surface area contributed by atoms with Gasteiger partial charge in [-0.05, 0) is 17.7 Å². The van der Waals surface area contributed by atoms with Crippen molar-refractivity contribution < 1.29 is 8.42 Å². The smallest absolute Gasteiger partial charge is 0.243 e. The molecule has 0 saturated heterocycles. The van der Waals surface area contributed by atoms with E-state index in [1.54, 1.807) is 36.4 Å². The van der Waals surface area contributed by atoms with Crippen LogP contribution in [0.2, 0.25) is 0 Å². The number of nitrogens with two attached hydrogens (primary N) is 1. The second-order valence-corrected chi connectivity index (χ2v) is 5.69. The first kappa shape index (κ1) is 14.6. The molecule has 1 rings (SSSR count). The van der Waals surface area contributed by atoms with E-state index in [0.29, 0.717) is 6.54 Å². The van der Waals surface area contributed by atoms with E-state index in [4.69, 9.17) is 5.73 Å². The van der Waals surface area contributed by atoms with Gasteiger partial charge in [0.05, 0.1) is 4.90 Å². The number of rotatable bonds is 7. The zero-order valence-electron chi connectivity index (χ0n) is 10.2. The first-order chi connectivity index (χ1) is 8.56. The highest BCUT2D eigenvalue weighted by Gasteiger charge is 2.22. The van der Waals surface area contributed by atoms with Gasteiger partial charge in [-0.2, -0.15) is 4.31 Å². The van der Waals surface area contributed by atoms with Crippen molar-refractivity contribution >= 4 is 10.0 Å². The van der Waals surface area contributed by atoms with Crippen LogP contribution >= 0.6 is 0 Å². The highest BCUT2D eigenvalue weighted by molar-refractivity contribution is 7.89. The fraction of sp³-hybridized carbons (Fsp3) is 0.231. The lowest BCUT2D eigenvalue weighted by atomic mass is 10.2. The molecule has 18 heavy (non-hydrogen) atoms. The van der Waals surface area contributed by atoms with Gasteiger partial charge in [-0.25, -0.2) is 8.42 Å². The van der Waals surface area contributed by atoms with Crippen molar-refractivity contribution in [3.63, 3.8) is 0 Å². The van der Waals surface area contributed by atoms with Crippen LogP contribution in [0, 0.1) is 0 Å². The fourth-order valence-electron chi connectivity index (χ4n) is 1.54. The molecule has 0 bridgehead atoms. The van der Waals surface area contributed by atoms with Crippen molar-refractivity contribution in [1.29, 1.82) is 0 Å². The van der Waals surface area contributed by atoms with Gasteiger partial charge in [0.15, 0.2) is 0 Å². The number of hydrogen-bond acceptors (Lipinski definition) is 3. The summed E-state index contributed by atoms with van der Waals surface area (Å²) in [4.78, 5) is 0.245. The number of nitrogens with zero attached hydrogens (tertiary/aromatic N) is 1. The van der Waals surface area contributed by atoms with E-state index in [9.17, 15) is 8.42 Å². The second kappa shape index (κ2) is 6.49. The Labute approximate surface area is 108 Å². The number of benzene rings is 1. The van der Waals surface area contributed by atoms with Crippen molar-refractivity contribution in [3.8, 4) is 0 Å². The van der Waals surface area contributed by atoms with Gasteiger partial charge < -0.3 is 5.73 Å². The van der Waals surface area contributed by atoms with Gasteiger partial charge in [-0.15, -0.1) is 13.2 Å². The zero-order valence-corrected chi connectivity index (χ0v) is 11.1. The minimum absolute atomic E-state index is 0.245. The van der Waals surface area contributed by atoms with Crippen molar-refractivity contribution in [2.24, 2.45) is 5.73 Å². The summed E-state index contributed by atoms with van der Waals surface area (Å²) in [7, 11) is -3.52. The molecule has 0 unspecified atom stereocenters. The molecule has 0 aliphatic carbocycles. The molecular formula is C13H18N2O2S. The molecule has 98 valence electrons. The summed E-state index contributed by atoms with van der Waals surface area (Å²) in [6, 6.07) is 6.64. The van der Waals surface area contributed by atoms with Gasteiger partial charge in [0.1, 0.15) is 0 Å². The van der Waals surface area contributed by atoms with Crippen LogP contribution in [0.5, 0.6) is 0 Å². The van der Waals surface area contributed by atoms with Gasteiger partial charge >= 0.3 is 0 Å². The topological polar surface area (TPSA) is 63.4 Å². The molecule has 0 aromatic heterocycles. The third kappa shape index (κ3) is 3.29. The van der Waals surface area contributed by atoms with E-state index in [2.05, 4.69) is 13.2 Å². The Morgan fingerprint density at radius 2 is 1.83 bits per heavy atom. The molecule has 0 saturated carbocycles. The molecule has 0 spiro atoms. The van der Waals surface area contributed by atoms with Gasteiger partial charge in [-0.3, -0.25) is 0 Å². The standard InChI is InChI=1S/C13H18N2O2S/c1-3-8-15(9-4-2)18(16,17)13-7-5-6-12(10-13)11-14/h3-7,10H,1-2,8-9,11,14H2. The maximum atomic E-state index is 12.4. The normalized spacial score (nSPS) is 11.4. The Hall–Kier alpha value is -1.43. The van der Waals surface area contributed by atoms with E-state index < -0.39 is 10.0 Å². The summed E-state index contributed by atoms with van der Waals surface area (Å²) in [6.07, 6.45) is 3.10. The first-order valence-corrected chi connectivity index (χ1v) is 7.01. The second-order valence-electron chi connectivity index (χ2n) is 3.75. The highest BCUT2D eigenvalue weighted by Crippen LogP contribution is 2.17. The summed E-state index contributed by atoms with van der Waals surface area (Å²) in [6.45, 7) is 7.94. The van der Waals surface area contributed by atoms with Crippen molar-refractivity contribution in [2.45, 2.75) is 11.4 Å². The molecule has 4 nitrogen and oxygen atoms in total. The third-order valence-corrected chi connectivity index (χ3v) is 4.27. The monoisotopic (exact) mass is 266 g/mol. The minimum Gasteiger partial charge on any atom is -0.326 e. The molecule has 2 N–H and O–H groups in total. The maximum Gasteiger partial charge on any atom is 0.243 e. The molecule has 0 radical (unpaired) electrons. The van der Waals surface area contributed by atoms with Crippen LogP contribution in [0.25, 0.3) is 0 Å².